The average Bonchev–Trinajstić information content (AvgIpc) is 2.95. The molecule has 2 N–H and O–H groups in total. The first-order chi connectivity index (χ1) is 11.9. The summed E-state index contributed by atoms with van der Waals surface area (Å²) in [6, 6.07) is 7.48. The third-order valence-electron chi connectivity index (χ3n) is 4.67. The number of carbonyl (C=O) groups is 2. The average molecular weight is 348 g/mol. The Morgan fingerprint density at radius 2 is 2.04 bits per heavy atom. The largest absolute Gasteiger partial charge is 0.488 e. The van der Waals surface area contributed by atoms with Gasteiger partial charge in [0.25, 0.3) is 0 Å². The second-order valence-corrected chi connectivity index (χ2v) is 6.62. The first kappa shape index (κ1) is 19.1. The third-order valence-corrected chi connectivity index (χ3v) is 4.67. The number of benzene rings is 1. The van der Waals surface area contributed by atoms with Gasteiger partial charge in [-0.2, -0.15) is 0 Å². The van der Waals surface area contributed by atoms with Crippen LogP contribution in [0.2, 0.25) is 0 Å². The summed E-state index contributed by atoms with van der Waals surface area (Å²) in [5.74, 6) is 0.670. The van der Waals surface area contributed by atoms with E-state index in [9.17, 15) is 14.7 Å². The molecule has 2 unspecified atom stereocenters. The van der Waals surface area contributed by atoms with Gasteiger partial charge in [0.15, 0.2) is 0 Å². The Hall–Kier alpha value is -2.24. The molecule has 0 spiro atoms. The molecule has 1 aliphatic rings. The number of rotatable bonds is 7. The lowest BCUT2D eigenvalue weighted by Gasteiger charge is -2.26. The number of hydrogen-bond acceptors (Lipinski definition) is 3. The monoisotopic (exact) mass is 348 g/mol. The van der Waals surface area contributed by atoms with Gasteiger partial charge in [0.1, 0.15) is 11.9 Å². The van der Waals surface area contributed by atoms with Crippen molar-refractivity contribution < 1.29 is 19.4 Å². The van der Waals surface area contributed by atoms with E-state index in [1.807, 2.05) is 31.2 Å². The summed E-state index contributed by atoms with van der Waals surface area (Å²) < 4.78 is 6.09. The molecule has 1 aromatic carbocycles. The zero-order valence-electron chi connectivity index (χ0n) is 15.2. The number of unbranched alkanes of at least 4 members (excludes halogenated alkanes) is 1. The van der Waals surface area contributed by atoms with Crippen LogP contribution in [0.3, 0.4) is 0 Å². The summed E-state index contributed by atoms with van der Waals surface area (Å²) in [6.45, 7) is 6.05. The van der Waals surface area contributed by atoms with Crippen LogP contribution >= 0.6 is 0 Å². The van der Waals surface area contributed by atoms with Crippen molar-refractivity contribution in [1.29, 1.82) is 0 Å². The van der Waals surface area contributed by atoms with Crippen molar-refractivity contribution in [2.75, 3.05) is 6.54 Å². The van der Waals surface area contributed by atoms with Gasteiger partial charge < -0.3 is 20.1 Å². The first-order valence-electron chi connectivity index (χ1n) is 8.95. The predicted octanol–water partition coefficient (Wildman–Crippen LogP) is 3.57. The van der Waals surface area contributed by atoms with Gasteiger partial charge in [-0.25, -0.2) is 4.79 Å². The Labute approximate surface area is 149 Å². The molecule has 6 heteroatoms. The molecule has 0 saturated carbocycles. The number of ether oxygens (including phenoxy) is 1. The Morgan fingerprint density at radius 1 is 1.36 bits per heavy atom. The van der Waals surface area contributed by atoms with E-state index in [1.165, 1.54) is 11.8 Å². The van der Waals surface area contributed by atoms with E-state index < -0.39 is 6.09 Å². The second kappa shape index (κ2) is 8.74. The zero-order valence-corrected chi connectivity index (χ0v) is 15.2. The van der Waals surface area contributed by atoms with Gasteiger partial charge in [0.2, 0.25) is 5.91 Å². The summed E-state index contributed by atoms with van der Waals surface area (Å²) >= 11 is 0. The van der Waals surface area contributed by atoms with E-state index in [0.29, 0.717) is 13.0 Å². The van der Waals surface area contributed by atoms with Crippen molar-refractivity contribution in [2.24, 2.45) is 0 Å². The van der Waals surface area contributed by atoms with Crippen LogP contribution in [0.1, 0.15) is 58.1 Å². The van der Waals surface area contributed by atoms with Gasteiger partial charge in [-0.05, 0) is 31.0 Å². The highest BCUT2D eigenvalue weighted by Crippen LogP contribution is 2.28. The highest BCUT2D eigenvalue weighted by atomic mass is 16.5. The van der Waals surface area contributed by atoms with E-state index in [4.69, 9.17) is 4.74 Å². The van der Waals surface area contributed by atoms with Crippen molar-refractivity contribution in [2.45, 2.75) is 64.6 Å². The Kier molecular flexibility index (Phi) is 6.67. The summed E-state index contributed by atoms with van der Waals surface area (Å²) in [4.78, 5) is 24.1. The van der Waals surface area contributed by atoms with Gasteiger partial charge in [-0.3, -0.25) is 4.79 Å². The fraction of sp³-hybridized carbons (Fsp3) is 0.579. The molecule has 0 aliphatic carbocycles. The standard InChI is InChI=1S/C19H28N2O4/c1-4-5-6-17-18(11-12-21(17)19(23)24)25-16-9-7-15(8-10-16)13(2)20-14(3)22/h7-10,13,17-18H,4-6,11-12H2,1-3H3,(H,20,22)(H,23,24)/t13-,17?,18?/m0/s1. The van der Waals surface area contributed by atoms with Crippen molar-refractivity contribution in [3.05, 3.63) is 29.8 Å². The molecule has 1 heterocycles. The predicted molar refractivity (Wildman–Crippen MR) is 95.8 cm³/mol. The number of hydrogen-bond donors (Lipinski definition) is 2. The maximum Gasteiger partial charge on any atom is 0.407 e. The van der Waals surface area contributed by atoms with Crippen LogP contribution in [0.25, 0.3) is 0 Å². The lowest BCUT2D eigenvalue weighted by molar-refractivity contribution is -0.119. The van der Waals surface area contributed by atoms with E-state index in [2.05, 4.69) is 12.2 Å². The fourth-order valence-corrected chi connectivity index (χ4v) is 3.35. The quantitative estimate of drug-likeness (QED) is 0.789. The minimum Gasteiger partial charge on any atom is -0.488 e. The highest BCUT2D eigenvalue weighted by Gasteiger charge is 2.38. The molecule has 25 heavy (non-hydrogen) atoms. The van der Waals surface area contributed by atoms with E-state index in [0.717, 1.165) is 30.6 Å². The summed E-state index contributed by atoms with van der Waals surface area (Å²) in [6.07, 6.45) is 2.58. The van der Waals surface area contributed by atoms with Gasteiger partial charge in [-0.15, -0.1) is 0 Å². The van der Waals surface area contributed by atoms with Crippen molar-refractivity contribution in [1.82, 2.24) is 10.2 Å². The molecule has 1 fully saturated rings. The highest BCUT2D eigenvalue weighted by molar-refractivity contribution is 5.73. The normalized spacial score (nSPS) is 21.0. The summed E-state index contributed by atoms with van der Waals surface area (Å²) in [7, 11) is 0. The molecule has 138 valence electrons. The van der Waals surface area contributed by atoms with Crippen molar-refractivity contribution in [3.8, 4) is 5.75 Å². The molecular weight excluding hydrogens is 320 g/mol. The molecular formula is C19H28N2O4. The van der Waals surface area contributed by atoms with Crippen LogP contribution in [0, 0.1) is 0 Å². The van der Waals surface area contributed by atoms with Crippen LogP contribution < -0.4 is 10.1 Å². The Bertz CT molecular complexity index is 588. The van der Waals surface area contributed by atoms with Crippen LogP contribution in [0.5, 0.6) is 5.75 Å². The van der Waals surface area contributed by atoms with Gasteiger partial charge in [0.05, 0.1) is 12.1 Å². The molecule has 6 nitrogen and oxygen atoms in total. The lowest BCUT2D eigenvalue weighted by atomic mass is 10.0. The molecule has 3 atom stereocenters. The number of amides is 2. The van der Waals surface area contributed by atoms with E-state index in [1.54, 1.807) is 0 Å². The number of carbonyl (C=O) groups excluding carboxylic acids is 1. The van der Waals surface area contributed by atoms with Crippen molar-refractivity contribution >= 4 is 12.0 Å². The fourth-order valence-electron chi connectivity index (χ4n) is 3.35. The third kappa shape index (κ3) is 5.11. The molecule has 0 radical (unpaired) electrons. The van der Waals surface area contributed by atoms with E-state index in [-0.39, 0.29) is 24.1 Å². The van der Waals surface area contributed by atoms with Crippen LogP contribution in [0.4, 0.5) is 4.79 Å². The molecule has 0 aromatic heterocycles. The van der Waals surface area contributed by atoms with Crippen LogP contribution in [-0.2, 0) is 4.79 Å². The van der Waals surface area contributed by atoms with Crippen LogP contribution in [0.15, 0.2) is 24.3 Å². The summed E-state index contributed by atoms with van der Waals surface area (Å²) in [5.41, 5.74) is 1.00. The smallest absolute Gasteiger partial charge is 0.407 e. The number of nitrogens with zero attached hydrogens (tertiary/aromatic N) is 1. The zero-order chi connectivity index (χ0) is 18.4. The van der Waals surface area contributed by atoms with Crippen molar-refractivity contribution in [3.63, 3.8) is 0 Å². The summed E-state index contributed by atoms with van der Waals surface area (Å²) in [5, 5.41) is 12.2. The molecule has 1 aromatic rings. The van der Waals surface area contributed by atoms with Crippen LogP contribution in [-0.4, -0.2) is 40.7 Å². The first-order valence-corrected chi connectivity index (χ1v) is 8.95. The molecule has 2 rings (SSSR count). The Morgan fingerprint density at radius 3 is 2.60 bits per heavy atom. The number of nitrogens with one attached hydrogen (secondary N) is 1. The molecule has 1 saturated heterocycles. The SMILES string of the molecule is CCCCC1C(Oc2ccc([C@H](C)NC(C)=O)cc2)CCN1C(=O)O. The van der Waals surface area contributed by atoms with E-state index >= 15 is 0 Å². The van der Waals surface area contributed by atoms with Gasteiger partial charge >= 0.3 is 6.09 Å². The van der Waals surface area contributed by atoms with Gasteiger partial charge in [-0.1, -0.05) is 31.9 Å². The minimum absolute atomic E-state index is 0.0576. The number of likely N-dealkylation sites (tertiary alicyclic amines) is 1. The second-order valence-electron chi connectivity index (χ2n) is 6.62. The molecule has 1 aliphatic heterocycles. The maximum absolute atomic E-state index is 11.4. The lowest BCUT2D eigenvalue weighted by Crippen LogP contribution is -2.40. The molecule has 2 amide bonds. The van der Waals surface area contributed by atoms with Gasteiger partial charge in [0, 0.05) is 19.9 Å². The number of carboxylic acid groups (broad SMARTS) is 1. The topological polar surface area (TPSA) is 78.9 Å². The minimum atomic E-state index is -0.869. The maximum atomic E-state index is 11.4. The molecule has 0 bridgehead atoms. The Balaban J connectivity index is 2.02.